The van der Waals surface area contributed by atoms with Crippen molar-refractivity contribution in [1.29, 1.82) is 0 Å². The van der Waals surface area contributed by atoms with Crippen LogP contribution < -0.4 is 9.62 Å². The van der Waals surface area contributed by atoms with Gasteiger partial charge in [-0.1, -0.05) is 49.0 Å². The number of para-hydroxylation sites is 1. The number of nitrogens with one attached hydrogen (secondary N) is 1. The first kappa shape index (κ1) is 22.3. The molecule has 32 heavy (non-hydrogen) atoms. The summed E-state index contributed by atoms with van der Waals surface area (Å²) >= 11 is 1.19. The van der Waals surface area contributed by atoms with Crippen molar-refractivity contribution in [2.45, 2.75) is 4.90 Å². The van der Waals surface area contributed by atoms with Gasteiger partial charge in [0.2, 0.25) is 0 Å². The number of phenolic OH excluding ortho intramolecular Hbond substituents is 1. The number of nitrogens with zero attached hydrogens (tertiary/aromatic N) is 2. The predicted octanol–water partition coefficient (Wildman–Crippen LogP) is 4.19. The van der Waals surface area contributed by atoms with E-state index in [9.17, 15) is 18.6 Å². The van der Waals surface area contributed by atoms with Gasteiger partial charge < -0.3 is 15.1 Å². The third-order valence-corrected chi connectivity index (χ3v) is 7.94. The summed E-state index contributed by atoms with van der Waals surface area (Å²) in [7, 11) is -3.80. The minimum Gasteiger partial charge on any atom is -0.512 e. The van der Waals surface area contributed by atoms with Gasteiger partial charge in [0.25, 0.3) is 0 Å². The number of thioether (sulfide) groups is 1. The summed E-state index contributed by atoms with van der Waals surface area (Å²) in [6, 6.07) is 18.6. The van der Waals surface area contributed by atoms with Crippen molar-refractivity contribution in [3.63, 3.8) is 0 Å². The maximum atomic E-state index is 13.2. The minimum absolute atomic E-state index is 0.0269. The van der Waals surface area contributed by atoms with Crippen molar-refractivity contribution in [2.75, 3.05) is 41.6 Å². The van der Waals surface area contributed by atoms with Gasteiger partial charge in [-0.15, -0.1) is 11.8 Å². The molecular formula is C23H25N3O4S2. The molecule has 0 unspecified atom stereocenters. The van der Waals surface area contributed by atoms with Gasteiger partial charge in [0.15, 0.2) is 0 Å². The van der Waals surface area contributed by atoms with Gasteiger partial charge in [-0.2, -0.15) is 12.7 Å². The first-order valence-corrected chi connectivity index (χ1v) is 12.6. The summed E-state index contributed by atoms with van der Waals surface area (Å²) in [5.41, 5.74) is 1.46. The van der Waals surface area contributed by atoms with Crippen LogP contribution in [0.1, 0.15) is 0 Å². The number of aliphatic hydroxyl groups excluding tert-OH is 1. The maximum absolute atomic E-state index is 13.2. The third kappa shape index (κ3) is 4.79. The van der Waals surface area contributed by atoms with Crippen LogP contribution in [0.25, 0.3) is 10.8 Å². The molecule has 0 bridgehead atoms. The number of anilines is 2. The maximum Gasteiger partial charge on any atom is 0.301 e. The van der Waals surface area contributed by atoms with Gasteiger partial charge in [0.1, 0.15) is 5.75 Å². The number of phenols is 1. The molecule has 0 aliphatic carbocycles. The topological polar surface area (TPSA) is 93.1 Å². The fourth-order valence-electron chi connectivity index (χ4n) is 3.72. The van der Waals surface area contributed by atoms with Gasteiger partial charge >= 0.3 is 10.2 Å². The van der Waals surface area contributed by atoms with E-state index in [1.807, 2.05) is 30.3 Å². The van der Waals surface area contributed by atoms with Crippen molar-refractivity contribution in [2.24, 2.45) is 0 Å². The fourth-order valence-corrected chi connectivity index (χ4v) is 5.71. The Morgan fingerprint density at radius 3 is 2.28 bits per heavy atom. The standard InChI is InChI=1S/C23H25N3O4S2/c1-17(27)16-31-22-15-21(19-9-5-6-10-20(19)23(22)28)24-32(29,30)26-13-11-25(12-14-26)18-7-3-2-4-8-18/h2-10,15,24,27-28H,1,11-14,16H2. The Kier molecular flexibility index (Phi) is 6.50. The van der Waals surface area contributed by atoms with Crippen molar-refractivity contribution >= 4 is 44.1 Å². The molecule has 1 aliphatic heterocycles. The summed E-state index contributed by atoms with van der Waals surface area (Å²) in [5, 5.41) is 21.2. The van der Waals surface area contributed by atoms with E-state index in [-0.39, 0.29) is 17.3 Å². The highest BCUT2D eigenvalue weighted by Crippen LogP contribution is 2.40. The lowest BCUT2D eigenvalue weighted by molar-refractivity contribution is 0.388. The first-order chi connectivity index (χ1) is 15.3. The van der Waals surface area contributed by atoms with Crippen LogP contribution in [0, 0.1) is 0 Å². The van der Waals surface area contributed by atoms with Crippen LogP contribution in [0.15, 0.2) is 77.9 Å². The largest absolute Gasteiger partial charge is 0.512 e. The second kappa shape index (κ2) is 9.32. The summed E-state index contributed by atoms with van der Waals surface area (Å²) in [5.74, 6) is 0.215. The molecule has 4 rings (SSSR count). The predicted molar refractivity (Wildman–Crippen MR) is 131 cm³/mol. The molecule has 7 nitrogen and oxygen atoms in total. The van der Waals surface area contributed by atoms with E-state index in [1.165, 1.54) is 16.1 Å². The SMILES string of the molecule is C=C(O)CSc1cc(NS(=O)(=O)N2CCN(c3ccccc3)CC2)c2ccccc2c1O. The molecule has 3 N–H and O–H groups in total. The Morgan fingerprint density at radius 1 is 1.00 bits per heavy atom. The molecular weight excluding hydrogens is 446 g/mol. The molecule has 3 aromatic carbocycles. The van der Waals surface area contributed by atoms with Crippen molar-refractivity contribution < 1.29 is 18.6 Å². The molecule has 0 radical (unpaired) electrons. The fraction of sp³-hybridized carbons (Fsp3) is 0.217. The second-order valence-electron chi connectivity index (χ2n) is 7.50. The van der Waals surface area contributed by atoms with Crippen molar-refractivity contribution in [3.8, 4) is 5.75 Å². The first-order valence-electron chi connectivity index (χ1n) is 10.2. The lowest BCUT2D eigenvalue weighted by Gasteiger charge is -2.35. The van der Waals surface area contributed by atoms with E-state index >= 15 is 0 Å². The zero-order valence-corrected chi connectivity index (χ0v) is 19.1. The highest BCUT2D eigenvalue weighted by molar-refractivity contribution is 7.99. The van der Waals surface area contributed by atoms with E-state index in [0.717, 1.165) is 5.69 Å². The molecule has 1 fully saturated rings. The number of rotatable bonds is 7. The average molecular weight is 472 g/mol. The normalized spacial score (nSPS) is 15.1. The number of piperazine rings is 1. The van der Waals surface area contributed by atoms with Gasteiger partial charge in [-0.25, -0.2) is 0 Å². The smallest absolute Gasteiger partial charge is 0.301 e. The number of aromatic hydroxyl groups is 1. The van der Waals surface area contributed by atoms with E-state index in [0.29, 0.717) is 47.5 Å². The van der Waals surface area contributed by atoms with Gasteiger partial charge in [0.05, 0.1) is 22.1 Å². The Hall–Kier alpha value is -2.88. The summed E-state index contributed by atoms with van der Waals surface area (Å²) in [6.07, 6.45) is 0. The highest BCUT2D eigenvalue weighted by Gasteiger charge is 2.28. The molecule has 1 heterocycles. The number of benzene rings is 3. The molecule has 0 atom stereocenters. The molecule has 0 spiro atoms. The van der Waals surface area contributed by atoms with Crippen molar-refractivity contribution in [3.05, 3.63) is 73.0 Å². The van der Waals surface area contributed by atoms with Crippen LogP contribution in [0.5, 0.6) is 5.75 Å². The molecule has 0 aromatic heterocycles. The van der Waals surface area contributed by atoms with Gasteiger partial charge in [0, 0.05) is 42.6 Å². The van der Waals surface area contributed by atoms with Crippen LogP contribution in [0.3, 0.4) is 0 Å². The van der Waals surface area contributed by atoms with Crippen LogP contribution >= 0.6 is 11.8 Å². The number of hydrogen-bond acceptors (Lipinski definition) is 6. The number of aliphatic hydroxyl groups is 1. The summed E-state index contributed by atoms with van der Waals surface area (Å²) < 4.78 is 30.5. The molecule has 3 aromatic rings. The molecule has 1 saturated heterocycles. The van der Waals surface area contributed by atoms with E-state index < -0.39 is 10.2 Å². The Bertz CT molecular complexity index is 1220. The van der Waals surface area contributed by atoms with E-state index in [4.69, 9.17) is 0 Å². The summed E-state index contributed by atoms with van der Waals surface area (Å²) in [6.45, 7) is 5.39. The highest BCUT2D eigenvalue weighted by atomic mass is 32.2. The monoisotopic (exact) mass is 471 g/mol. The molecule has 168 valence electrons. The molecule has 0 amide bonds. The van der Waals surface area contributed by atoms with E-state index in [2.05, 4.69) is 16.2 Å². The zero-order chi connectivity index (χ0) is 22.7. The second-order valence-corrected chi connectivity index (χ2v) is 10.2. The van der Waals surface area contributed by atoms with Crippen LogP contribution in [0.2, 0.25) is 0 Å². The lowest BCUT2D eigenvalue weighted by Crippen LogP contribution is -2.50. The quantitative estimate of drug-likeness (QED) is 0.272. The van der Waals surface area contributed by atoms with Crippen LogP contribution in [-0.2, 0) is 10.2 Å². The Morgan fingerprint density at radius 2 is 1.62 bits per heavy atom. The van der Waals surface area contributed by atoms with Crippen LogP contribution in [-0.4, -0.2) is 54.9 Å². The molecule has 1 aliphatic rings. The Balaban J connectivity index is 1.57. The van der Waals surface area contributed by atoms with Gasteiger partial charge in [-0.3, -0.25) is 4.72 Å². The number of fused-ring (bicyclic) bond motifs is 1. The number of hydrogen-bond donors (Lipinski definition) is 3. The van der Waals surface area contributed by atoms with E-state index in [1.54, 1.807) is 30.3 Å². The zero-order valence-electron chi connectivity index (χ0n) is 17.4. The van der Waals surface area contributed by atoms with Crippen LogP contribution in [0.4, 0.5) is 11.4 Å². The van der Waals surface area contributed by atoms with Crippen molar-refractivity contribution in [1.82, 2.24) is 4.31 Å². The summed E-state index contributed by atoms with van der Waals surface area (Å²) in [4.78, 5) is 2.63. The Labute approximate surface area is 192 Å². The minimum atomic E-state index is -3.80. The molecule has 9 heteroatoms. The third-order valence-electron chi connectivity index (χ3n) is 5.31. The molecule has 0 saturated carbocycles. The van der Waals surface area contributed by atoms with Gasteiger partial charge in [-0.05, 0) is 18.2 Å². The average Bonchev–Trinajstić information content (AvgIpc) is 2.80. The lowest BCUT2D eigenvalue weighted by atomic mass is 10.1.